The van der Waals surface area contributed by atoms with E-state index in [4.69, 9.17) is 0 Å². The molecule has 1 aromatic heterocycles. The number of benzene rings is 2. The van der Waals surface area contributed by atoms with Gasteiger partial charge in [-0.25, -0.2) is 0 Å². The summed E-state index contributed by atoms with van der Waals surface area (Å²) in [4.78, 5) is 0. The molecular weight excluding hydrogens is 304 g/mol. The molecule has 3 aromatic rings. The average Bonchev–Trinajstić information content (AvgIpc) is 3.03. The largest absolute Gasteiger partial charge is 0.433 e. The summed E-state index contributed by atoms with van der Waals surface area (Å²) in [7, 11) is 0. The van der Waals surface area contributed by atoms with E-state index in [0.717, 1.165) is 5.69 Å². The van der Waals surface area contributed by atoms with Gasteiger partial charge in [0.05, 0.1) is 17.9 Å². The van der Waals surface area contributed by atoms with E-state index in [-0.39, 0.29) is 12.3 Å². The number of halogens is 2. The van der Waals surface area contributed by atoms with Gasteiger partial charge < -0.3 is 10.1 Å². The number of hydrogen-bond acceptors (Lipinski definition) is 5. The first-order valence-electron chi connectivity index (χ1n) is 6.84. The maximum Gasteiger partial charge on any atom is 0.387 e. The van der Waals surface area contributed by atoms with Crippen molar-refractivity contribution in [3.05, 3.63) is 60.4 Å². The fraction of sp³-hybridized carbons (Fsp3) is 0.133. The van der Waals surface area contributed by atoms with Crippen LogP contribution in [-0.2, 0) is 6.54 Å². The van der Waals surface area contributed by atoms with Crippen LogP contribution in [0.25, 0.3) is 5.69 Å². The van der Waals surface area contributed by atoms with Crippen LogP contribution < -0.4 is 10.1 Å². The third-order valence-electron chi connectivity index (χ3n) is 3.07. The highest BCUT2D eigenvalue weighted by molar-refractivity contribution is 5.56. The fourth-order valence-electron chi connectivity index (χ4n) is 2.07. The van der Waals surface area contributed by atoms with E-state index in [1.165, 1.54) is 6.07 Å². The summed E-state index contributed by atoms with van der Waals surface area (Å²) in [6.45, 7) is -2.63. The van der Waals surface area contributed by atoms with Crippen molar-refractivity contribution in [1.29, 1.82) is 0 Å². The number of aromatic nitrogens is 4. The fourth-order valence-corrected chi connectivity index (χ4v) is 2.07. The Kier molecular flexibility index (Phi) is 4.41. The Morgan fingerprint density at radius 2 is 1.78 bits per heavy atom. The molecule has 0 aliphatic carbocycles. The van der Waals surface area contributed by atoms with Gasteiger partial charge in [0.1, 0.15) is 5.75 Å². The monoisotopic (exact) mass is 317 g/mol. The highest BCUT2D eigenvalue weighted by Crippen LogP contribution is 2.25. The highest BCUT2D eigenvalue weighted by Gasteiger charge is 2.11. The van der Waals surface area contributed by atoms with Crippen LogP contribution in [0.5, 0.6) is 5.75 Å². The van der Waals surface area contributed by atoms with Crippen molar-refractivity contribution in [2.45, 2.75) is 13.2 Å². The number of tetrazole rings is 1. The van der Waals surface area contributed by atoms with Crippen molar-refractivity contribution in [3.8, 4) is 11.4 Å². The minimum absolute atomic E-state index is 0.0706. The number of nitrogens with one attached hydrogen (secondary N) is 1. The highest BCUT2D eigenvalue weighted by atomic mass is 19.3. The molecule has 2 aromatic carbocycles. The Hall–Kier alpha value is -3.03. The third-order valence-corrected chi connectivity index (χ3v) is 3.07. The van der Waals surface area contributed by atoms with Crippen molar-refractivity contribution in [2.24, 2.45) is 0 Å². The van der Waals surface area contributed by atoms with Crippen LogP contribution in [0.1, 0.15) is 5.82 Å². The van der Waals surface area contributed by atoms with Crippen molar-refractivity contribution >= 4 is 5.69 Å². The molecule has 0 aliphatic heterocycles. The number of para-hydroxylation sites is 3. The Labute approximate surface area is 130 Å². The van der Waals surface area contributed by atoms with Crippen molar-refractivity contribution in [3.63, 3.8) is 0 Å². The Morgan fingerprint density at radius 3 is 2.57 bits per heavy atom. The number of hydrogen-bond donors (Lipinski definition) is 1. The second-order valence-electron chi connectivity index (χ2n) is 4.57. The van der Waals surface area contributed by atoms with Gasteiger partial charge in [-0.15, -0.1) is 5.10 Å². The molecule has 0 amide bonds. The third kappa shape index (κ3) is 3.60. The van der Waals surface area contributed by atoms with Gasteiger partial charge in [-0.1, -0.05) is 30.3 Å². The van der Waals surface area contributed by atoms with E-state index in [9.17, 15) is 8.78 Å². The molecule has 0 unspecified atom stereocenters. The molecule has 0 fully saturated rings. The molecular formula is C15H13F2N5O. The zero-order valence-electron chi connectivity index (χ0n) is 11.9. The number of ether oxygens (including phenoxy) is 1. The molecule has 118 valence electrons. The predicted octanol–water partition coefficient (Wildman–Crippen LogP) is 2.88. The van der Waals surface area contributed by atoms with Gasteiger partial charge in [0.2, 0.25) is 0 Å². The molecule has 6 nitrogen and oxygen atoms in total. The predicted molar refractivity (Wildman–Crippen MR) is 79.6 cm³/mol. The molecule has 0 spiro atoms. The molecule has 1 heterocycles. The van der Waals surface area contributed by atoms with E-state index in [0.29, 0.717) is 11.5 Å². The second kappa shape index (κ2) is 6.82. The van der Waals surface area contributed by atoms with Crippen LogP contribution >= 0.6 is 0 Å². The maximum atomic E-state index is 12.4. The smallest absolute Gasteiger partial charge is 0.387 e. The van der Waals surface area contributed by atoms with E-state index < -0.39 is 6.61 Å². The lowest BCUT2D eigenvalue weighted by Crippen LogP contribution is -2.10. The number of nitrogens with zero attached hydrogens (tertiary/aromatic N) is 4. The topological polar surface area (TPSA) is 64.9 Å². The van der Waals surface area contributed by atoms with Crippen LogP contribution in [-0.4, -0.2) is 26.8 Å². The first-order chi connectivity index (χ1) is 11.2. The van der Waals surface area contributed by atoms with Crippen molar-refractivity contribution in [2.75, 3.05) is 5.32 Å². The lowest BCUT2D eigenvalue weighted by Gasteiger charge is -2.12. The standard InChI is InChI=1S/C15H13F2N5O/c16-15(17)23-13-9-5-4-8-12(13)18-10-14-19-20-21-22(14)11-6-2-1-3-7-11/h1-9,15,18H,10H2. The zero-order valence-corrected chi connectivity index (χ0v) is 11.9. The minimum atomic E-state index is -2.88. The van der Waals surface area contributed by atoms with Crippen molar-refractivity contribution in [1.82, 2.24) is 20.2 Å². The molecule has 0 saturated heterocycles. The molecule has 3 rings (SSSR count). The first-order valence-corrected chi connectivity index (χ1v) is 6.84. The van der Waals surface area contributed by atoms with Gasteiger partial charge >= 0.3 is 6.61 Å². The number of alkyl halides is 2. The number of rotatable bonds is 6. The Bertz CT molecular complexity index is 763. The zero-order chi connectivity index (χ0) is 16.1. The molecule has 0 saturated carbocycles. The molecule has 0 aliphatic rings. The summed E-state index contributed by atoms with van der Waals surface area (Å²) in [6, 6.07) is 15.8. The average molecular weight is 317 g/mol. The van der Waals surface area contributed by atoms with Crippen LogP contribution in [0.2, 0.25) is 0 Å². The van der Waals surface area contributed by atoms with Gasteiger partial charge in [0.15, 0.2) is 5.82 Å². The van der Waals surface area contributed by atoms with Gasteiger partial charge in [-0.2, -0.15) is 13.5 Å². The van der Waals surface area contributed by atoms with Gasteiger partial charge in [-0.3, -0.25) is 0 Å². The van der Waals surface area contributed by atoms with E-state index in [2.05, 4.69) is 25.6 Å². The van der Waals surface area contributed by atoms with Crippen LogP contribution in [0.4, 0.5) is 14.5 Å². The molecule has 0 bridgehead atoms. The summed E-state index contributed by atoms with van der Waals surface area (Å²) in [6.07, 6.45) is 0. The lowest BCUT2D eigenvalue weighted by atomic mass is 10.3. The summed E-state index contributed by atoms with van der Waals surface area (Å²) in [5.41, 5.74) is 1.25. The molecule has 0 atom stereocenters. The van der Waals surface area contributed by atoms with E-state index >= 15 is 0 Å². The second-order valence-corrected chi connectivity index (χ2v) is 4.57. The normalized spacial score (nSPS) is 10.7. The summed E-state index contributed by atoms with van der Waals surface area (Å²) in [5.74, 6) is 0.615. The SMILES string of the molecule is FC(F)Oc1ccccc1NCc1nnnn1-c1ccccc1. The molecule has 23 heavy (non-hydrogen) atoms. The number of anilines is 1. The van der Waals surface area contributed by atoms with Crippen LogP contribution in [0.3, 0.4) is 0 Å². The quantitative estimate of drug-likeness (QED) is 0.757. The van der Waals surface area contributed by atoms with Gasteiger partial charge in [0.25, 0.3) is 0 Å². The van der Waals surface area contributed by atoms with E-state index in [1.807, 2.05) is 30.3 Å². The molecule has 1 N–H and O–H groups in total. The van der Waals surface area contributed by atoms with Gasteiger partial charge in [0, 0.05) is 0 Å². The van der Waals surface area contributed by atoms with Crippen LogP contribution in [0.15, 0.2) is 54.6 Å². The first kappa shape index (κ1) is 14.9. The van der Waals surface area contributed by atoms with Gasteiger partial charge in [-0.05, 0) is 34.7 Å². The Morgan fingerprint density at radius 1 is 1.04 bits per heavy atom. The summed E-state index contributed by atoms with van der Waals surface area (Å²) < 4.78 is 30.9. The Balaban J connectivity index is 1.77. The maximum absolute atomic E-state index is 12.4. The minimum Gasteiger partial charge on any atom is -0.433 e. The van der Waals surface area contributed by atoms with Crippen molar-refractivity contribution < 1.29 is 13.5 Å². The van der Waals surface area contributed by atoms with Crippen LogP contribution in [0, 0.1) is 0 Å². The summed E-state index contributed by atoms with van der Waals surface area (Å²) in [5, 5.41) is 14.5. The van der Waals surface area contributed by atoms with E-state index in [1.54, 1.807) is 22.9 Å². The lowest BCUT2D eigenvalue weighted by molar-refractivity contribution is -0.0493. The summed E-state index contributed by atoms with van der Waals surface area (Å²) >= 11 is 0. The molecule has 0 radical (unpaired) electrons. The molecule has 8 heteroatoms.